The van der Waals surface area contributed by atoms with Crippen molar-refractivity contribution >= 4 is 0 Å². The molecule has 120 valence electrons. The molecule has 4 aliphatic carbocycles. The lowest BCUT2D eigenvalue weighted by molar-refractivity contribution is 0.0331. The Morgan fingerprint density at radius 3 is 2.43 bits per heavy atom. The van der Waals surface area contributed by atoms with Crippen molar-refractivity contribution in [3.63, 3.8) is 0 Å². The van der Waals surface area contributed by atoms with Crippen molar-refractivity contribution in [3.8, 4) is 0 Å². The van der Waals surface area contributed by atoms with Crippen molar-refractivity contribution in [2.24, 2.45) is 35.3 Å². The van der Waals surface area contributed by atoms with E-state index in [4.69, 9.17) is 5.73 Å². The predicted molar refractivity (Wildman–Crippen MR) is 88.0 cm³/mol. The maximum Gasteiger partial charge on any atom is 0.0331 e. The Bertz CT molecular complexity index is 378. The maximum absolute atomic E-state index is 6.33. The highest BCUT2D eigenvalue weighted by Crippen LogP contribution is 2.51. The van der Waals surface area contributed by atoms with Gasteiger partial charge in [-0.3, -0.25) is 4.90 Å². The molecule has 4 aliphatic rings. The molecule has 2 N–H and O–H groups in total. The lowest BCUT2D eigenvalue weighted by atomic mass is 9.72. The molecule has 4 fully saturated rings. The van der Waals surface area contributed by atoms with E-state index < -0.39 is 0 Å². The summed E-state index contributed by atoms with van der Waals surface area (Å²) >= 11 is 0. The Morgan fingerprint density at radius 1 is 1.00 bits per heavy atom. The molecule has 0 spiro atoms. The summed E-state index contributed by atoms with van der Waals surface area (Å²) in [5.41, 5.74) is 6.67. The van der Waals surface area contributed by atoms with Crippen LogP contribution >= 0.6 is 0 Å². The van der Waals surface area contributed by atoms with Crippen molar-refractivity contribution in [3.05, 3.63) is 0 Å². The number of likely N-dealkylation sites (N-methyl/N-ethyl adjacent to an activating group) is 1. The summed E-state index contributed by atoms with van der Waals surface area (Å²) < 4.78 is 0. The highest BCUT2D eigenvalue weighted by atomic mass is 15.2. The van der Waals surface area contributed by atoms with E-state index in [2.05, 4.69) is 11.9 Å². The second-order valence-electron chi connectivity index (χ2n) is 8.94. The van der Waals surface area contributed by atoms with Crippen LogP contribution in [0, 0.1) is 29.6 Å². The Hall–Kier alpha value is -0.0800. The number of hydrogen-bond acceptors (Lipinski definition) is 2. The van der Waals surface area contributed by atoms with Crippen molar-refractivity contribution in [2.75, 3.05) is 20.1 Å². The minimum absolute atomic E-state index is 0.341. The third-order valence-electron chi connectivity index (χ3n) is 7.73. The van der Waals surface area contributed by atoms with Crippen LogP contribution < -0.4 is 5.73 Å². The first-order chi connectivity index (χ1) is 10.2. The summed E-state index contributed by atoms with van der Waals surface area (Å²) in [6.45, 7) is 2.21. The molecular weight excluding hydrogens is 256 g/mol. The molecule has 0 radical (unpaired) electrons. The van der Waals surface area contributed by atoms with E-state index in [0.29, 0.717) is 5.54 Å². The molecule has 0 heterocycles. The van der Waals surface area contributed by atoms with Crippen LogP contribution in [0.25, 0.3) is 0 Å². The number of hydrogen-bond donors (Lipinski definition) is 1. The fraction of sp³-hybridized carbons (Fsp3) is 1.00. The molecule has 5 atom stereocenters. The molecule has 0 aromatic rings. The van der Waals surface area contributed by atoms with E-state index in [-0.39, 0.29) is 0 Å². The van der Waals surface area contributed by atoms with Crippen LogP contribution in [-0.4, -0.2) is 30.6 Å². The molecule has 0 aromatic carbocycles. The SMILES string of the molecule is CN(CC1CC2CCC1C2)C1(CN)CCCC(C2CC2)C1. The number of rotatable bonds is 5. The van der Waals surface area contributed by atoms with Crippen LogP contribution in [0.4, 0.5) is 0 Å². The summed E-state index contributed by atoms with van der Waals surface area (Å²) in [7, 11) is 2.40. The van der Waals surface area contributed by atoms with Gasteiger partial charge in [0.2, 0.25) is 0 Å². The summed E-state index contributed by atoms with van der Waals surface area (Å²) in [5.74, 6) is 5.17. The largest absolute Gasteiger partial charge is 0.329 e. The first-order valence-corrected chi connectivity index (χ1v) is 9.61. The molecule has 0 saturated heterocycles. The smallest absolute Gasteiger partial charge is 0.0331 e. The van der Waals surface area contributed by atoms with E-state index in [0.717, 1.165) is 36.1 Å². The van der Waals surface area contributed by atoms with Crippen molar-refractivity contribution in [1.82, 2.24) is 4.90 Å². The zero-order valence-electron chi connectivity index (χ0n) is 13.9. The third-order valence-corrected chi connectivity index (χ3v) is 7.73. The molecule has 2 heteroatoms. The second-order valence-corrected chi connectivity index (χ2v) is 8.94. The summed E-state index contributed by atoms with van der Waals surface area (Å²) in [6.07, 6.45) is 14.7. The van der Waals surface area contributed by atoms with E-state index in [1.54, 1.807) is 6.42 Å². The predicted octanol–water partition coefficient (Wildman–Crippen LogP) is 3.65. The molecule has 2 bridgehead atoms. The summed E-state index contributed by atoms with van der Waals surface area (Å²) in [6, 6.07) is 0. The van der Waals surface area contributed by atoms with Crippen LogP contribution in [0.15, 0.2) is 0 Å². The topological polar surface area (TPSA) is 29.3 Å². The first kappa shape index (κ1) is 14.5. The Labute approximate surface area is 130 Å². The highest BCUT2D eigenvalue weighted by Gasteiger charge is 2.46. The second kappa shape index (κ2) is 5.53. The standard InChI is InChI=1S/C19H34N2/c1-21(12-18-10-14-4-5-16(18)9-14)19(13-20)8-2-3-17(11-19)15-6-7-15/h14-18H,2-13,20H2,1H3. The minimum Gasteiger partial charge on any atom is -0.329 e. The first-order valence-electron chi connectivity index (χ1n) is 9.61. The van der Waals surface area contributed by atoms with Gasteiger partial charge in [0.25, 0.3) is 0 Å². The molecule has 21 heavy (non-hydrogen) atoms. The zero-order valence-corrected chi connectivity index (χ0v) is 13.9. The van der Waals surface area contributed by atoms with E-state index >= 15 is 0 Å². The molecule has 4 rings (SSSR count). The summed E-state index contributed by atoms with van der Waals surface area (Å²) in [5, 5.41) is 0. The lowest BCUT2D eigenvalue weighted by Gasteiger charge is -2.48. The van der Waals surface area contributed by atoms with Gasteiger partial charge in [0, 0.05) is 18.6 Å². The quantitative estimate of drug-likeness (QED) is 0.837. The van der Waals surface area contributed by atoms with Crippen LogP contribution in [0.1, 0.15) is 64.2 Å². The minimum atomic E-state index is 0.341. The Balaban J connectivity index is 1.41. The molecule has 0 aliphatic heterocycles. The lowest BCUT2D eigenvalue weighted by Crippen LogP contribution is -2.56. The van der Waals surface area contributed by atoms with Gasteiger partial charge >= 0.3 is 0 Å². The van der Waals surface area contributed by atoms with Crippen LogP contribution in [0.5, 0.6) is 0 Å². The van der Waals surface area contributed by atoms with Crippen LogP contribution in [0.2, 0.25) is 0 Å². The van der Waals surface area contributed by atoms with Gasteiger partial charge < -0.3 is 5.73 Å². The maximum atomic E-state index is 6.33. The van der Waals surface area contributed by atoms with Gasteiger partial charge in [0.05, 0.1) is 0 Å². The molecule has 0 amide bonds. The van der Waals surface area contributed by atoms with Gasteiger partial charge in [-0.1, -0.05) is 19.3 Å². The van der Waals surface area contributed by atoms with Crippen molar-refractivity contribution < 1.29 is 0 Å². The van der Waals surface area contributed by atoms with Crippen molar-refractivity contribution in [2.45, 2.75) is 69.7 Å². The Kier molecular flexibility index (Phi) is 3.82. The van der Waals surface area contributed by atoms with E-state index in [9.17, 15) is 0 Å². The Morgan fingerprint density at radius 2 is 1.81 bits per heavy atom. The average Bonchev–Trinajstić information content (AvgIpc) is 3.17. The molecule has 0 aromatic heterocycles. The average molecular weight is 290 g/mol. The molecule has 2 nitrogen and oxygen atoms in total. The van der Waals surface area contributed by atoms with Crippen LogP contribution in [0.3, 0.4) is 0 Å². The third kappa shape index (κ3) is 2.67. The van der Waals surface area contributed by atoms with E-state index in [1.165, 1.54) is 64.3 Å². The monoisotopic (exact) mass is 290 g/mol. The van der Waals surface area contributed by atoms with Gasteiger partial charge in [-0.2, -0.15) is 0 Å². The fourth-order valence-corrected chi connectivity index (χ4v) is 6.19. The van der Waals surface area contributed by atoms with E-state index in [1.807, 2.05) is 0 Å². The van der Waals surface area contributed by atoms with Crippen LogP contribution in [-0.2, 0) is 0 Å². The number of nitrogens with zero attached hydrogens (tertiary/aromatic N) is 1. The molecular formula is C19H34N2. The van der Waals surface area contributed by atoms with Gasteiger partial charge in [-0.05, 0) is 81.6 Å². The summed E-state index contributed by atoms with van der Waals surface area (Å²) in [4.78, 5) is 2.73. The van der Waals surface area contributed by atoms with Gasteiger partial charge in [-0.25, -0.2) is 0 Å². The van der Waals surface area contributed by atoms with Gasteiger partial charge in [-0.15, -0.1) is 0 Å². The zero-order chi connectivity index (χ0) is 14.4. The number of fused-ring (bicyclic) bond motifs is 2. The van der Waals surface area contributed by atoms with Gasteiger partial charge in [0.1, 0.15) is 0 Å². The fourth-order valence-electron chi connectivity index (χ4n) is 6.19. The number of nitrogens with two attached hydrogens (primary N) is 1. The van der Waals surface area contributed by atoms with Gasteiger partial charge in [0.15, 0.2) is 0 Å². The van der Waals surface area contributed by atoms with Crippen molar-refractivity contribution in [1.29, 1.82) is 0 Å². The highest BCUT2D eigenvalue weighted by molar-refractivity contribution is 5.00. The molecule has 4 saturated carbocycles. The molecule has 5 unspecified atom stereocenters. The normalized spacial score (nSPS) is 46.4.